The Labute approximate surface area is 118 Å². The van der Waals surface area contributed by atoms with Crippen LogP contribution in [0.2, 0.25) is 0 Å². The normalized spacial score (nSPS) is 17.7. The van der Waals surface area contributed by atoms with Crippen molar-refractivity contribution in [2.45, 2.75) is 51.0 Å². The molecule has 0 saturated heterocycles. The van der Waals surface area contributed by atoms with Crippen molar-refractivity contribution in [3.63, 3.8) is 0 Å². The number of aromatic amines is 1. The molecule has 0 spiro atoms. The minimum atomic E-state index is -1.08. The van der Waals surface area contributed by atoms with Crippen molar-refractivity contribution in [3.05, 3.63) is 17.5 Å². The van der Waals surface area contributed by atoms with Gasteiger partial charge in [-0.3, -0.25) is 9.89 Å². The average Bonchev–Trinajstić information content (AvgIpc) is 2.95. The van der Waals surface area contributed by atoms with Gasteiger partial charge in [-0.1, -0.05) is 26.2 Å². The van der Waals surface area contributed by atoms with E-state index in [0.717, 1.165) is 31.4 Å². The third-order valence-corrected chi connectivity index (χ3v) is 4.26. The van der Waals surface area contributed by atoms with Crippen molar-refractivity contribution < 1.29 is 14.7 Å². The lowest BCUT2D eigenvalue weighted by atomic mass is 9.80. The predicted molar refractivity (Wildman–Crippen MR) is 73.5 cm³/mol. The zero-order chi connectivity index (χ0) is 14.8. The summed E-state index contributed by atoms with van der Waals surface area (Å²) in [5.41, 5.74) is 0.0750. The first-order valence-electron chi connectivity index (χ1n) is 7.07. The molecule has 0 bridgehead atoms. The lowest BCUT2D eigenvalue weighted by molar-refractivity contribution is -0.151. The second kappa shape index (κ2) is 5.64. The molecule has 1 saturated carbocycles. The molecule has 20 heavy (non-hydrogen) atoms. The minimum absolute atomic E-state index is 0.288. The molecule has 1 fully saturated rings. The van der Waals surface area contributed by atoms with Gasteiger partial charge in [-0.2, -0.15) is 5.10 Å². The van der Waals surface area contributed by atoms with Gasteiger partial charge in [-0.25, -0.2) is 4.79 Å². The van der Waals surface area contributed by atoms with Crippen molar-refractivity contribution in [2.75, 3.05) is 7.05 Å². The largest absolute Gasteiger partial charge is 0.479 e. The van der Waals surface area contributed by atoms with Gasteiger partial charge in [0.05, 0.1) is 0 Å². The van der Waals surface area contributed by atoms with Crippen molar-refractivity contribution in [1.82, 2.24) is 15.1 Å². The maximum absolute atomic E-state index is 12.5. The van der Waals surface area contributed by atoms with Crippen molar-refractivity contribution in [3.8, 4) is 0 Å². The van der Waals surface area contributed by atoms with Gasteiger partial charge in [0, 0.05) is 12.7 Å². The monoisotopic (exact) mass is 279 g/mol. The van der Waals surface area contributed by atoms with Gasteiger partial charge in [0.15, 0.2) is 0 Å². The highest BCUT2D eigenvalue weighted by molar-refractivity contribution is 5.96. The molecule has 110 valence electrons. The van der Waals surface area contributed by atoms with E-state index in [1.165, 1.54) is 4.90 Å². The van der Waals surface area contributed by atoms with E-state index in [1.54, 1.807) is 13.1 Å². The van der Waals surface area contributed by atoms with Gasteiger partial charge < -0.3 is 10.0 Å². The number of hydrogen-bond donors (Lipinski definition) is 2. The molecular weight excluding hydrogens is 258 g/mol. The van der Waals surface area contributed by atoms with Gasteiger partial charge in [0.25, 0.3) is 5.91 Å². The molecule has 2 rings (SSSR count). The smallest absolute Gasteiger partial charge is 0.329 e. The van der Waals surface area contributed by atoms with Crippen LogP contribution in [0.25, 0.3) is 0 Å². The van der Waals surface area contributed by atoms with Crippen LogP contribution in [0.5, 0.6) is 0 Å². The maximum atomic E-state index is 12.5. The van der Waals surface area contributed by atoms with Gasteiger partial charge in [-0.15, -0.1) is 0 Å². The maximum Gasteiger partial charge on any atom is 0.329 e. The zero-order valence-corrected chi connectivity index (χ0v) is 12.0. The number of nitrogens with zero attached hydrogens (tertiary/aromatic N) is 2. The number of carboxylic acids is 1. The Kier molecular flexibility index (Phi) is 4.11. The predicted octanol–water partition coefficient (Wildman–Crippen LogP) is 1.83. The number of likely N-dealkylation sites (N-methyl/N-ethyl adjacent to an activating group) is 1. The quantitative estimate of drug-likeness (QED) is 0.880. The fourth-order valence-corrected chi connectivity index (χ4v) is 2.85. The molecule has 0 unspecified atom stereocenters. The van der Waals surface area contributed by atoms with Crippen LogP contribution in [0.1, 0.15) is 55.2 Å². The Hall–Kier alpha value is -1.85. The standard InChI is InChI=1S/C14H21N3O3/c1-3-10-9-11(16-15-10)12(18)17(2)14(13(19)20)7-5-4-6-8-14/h9H,3-8H2,1-2H3,(H,15,16)(H,19,20). The van der Waals surface area contributed by atoms with Crippen LogP contribution in [0.15, 0.2) is 6.07 Å². The molecule has 1 aliphatic rings. The molecule has 1 amide bonds. The number of aryl methyl sites for hydroxylation is 1. The molecule has 0 atom stereocenters. The van der Waals surface area contributed by atoms with Gasteiger partial charge in [0.1, 0.15) is 11.2 Å². The fraction of sp³-hybridized carbons (Fsp3) is 0.643. The van der Waals surface area contributed by atoms with Crippen LogP contribution in [-0.4, -0.2) is 44.7 Å². The molecule has 2 N–H and O–H groups in total. The Morgan fingerprint density at radius 1 is 1.40 bits per heavy atom. The highest BCUT2D eigenvalue weighted by Crippen LogP contribution is 2.34. The van der Waals surface area contributed by atoms with E-state index in [4.69, 9.17) is 0 Å². The highest BCUT2D eigenvalue weighted by atomic mass is 16.4. The SMILES string of the molecule is CCc1cc(C(=O)N(C)C2(C(=O)O)CCCCC2)n[nH]1. The number of amides is 1. The first-order valence-corrected chi connectivity index (χ1v) is 7.07. The van der Waals surface area contributed by atoms with Crippen molar-refractivity contribution in [1.29, 1.82) is 0 Å². The van der Waals surface area contributed by atoms with E-state index in [-0.39, 0.29) is 11.6 Å². The molecule has 0 aromatic carbocycles. The van der Waals surface area contributed by atoms with Crippen LogP contribution in [0.3, 0.4) is 0 Å². The van der Waals surface area contributed by atoms with E-state index >= 15 is 0 Å². The Bertz CT molecular complexity index is 504. The molecule has 1 aromatic heterocycles. The molecule has 1 aliphatic carbocycles. The van der Waals surface area contributed by atoms with Crippen LogP contribution in [0.4, 0.5) is 0 Å². The molecule has 1 heterocycles. The molecule has 0 aliphatic heterocycles. The minimum Gasteiger partial charge on any atom is -0.479 e. The van der Waals surface area contributed by atoms with E-state index in [0.29, 0.717) is 12.8 Å². The van der Waals surface area contributed by atoms with Gasteiger partial charge >= 0.3 is 5.97 Å². The Morgan fingerprint density at radius 3 is 2.55 bits per heavy atom. The number of carboxylic acid groups (broad SMARTS) is 1. The molecule has 6 nitrogen and oxygen atoms in total. The topological polar surface area (TPSA) is 86.3 Å². The van der Waals surface area contributed by atoms with E-state index in [2.05, 4.69) is 10.2 Å². The first-order chi connectivity index (χ1) is 9.51. The number of aromatic nitrogens is 2. The number of rotatable bonds is 4. The number of H-pyrrole nitrogens is 1. The van der Waals surface area contributed by atoms with Crippen LogP contribution in [0, 0.1) is 0 Å². The average molecular weight is 279 g/mol. The molecule has 1 aromatic rings. The number of carbonyl (C=O) groups excluding carboxylic acids is 1. The summed E-state index contributed by atoms with van der Waals surface area (Å²) in [4.78, 5) is 25.5. The molecule has 0 radical (unpaired) electrons. The van der Waals surface area contributed by atoms with Crippen LogP contribution in [-0.2, 0) is 11.2 Å². The zero-order valence-electron chi connectivity index (χ0n) is 12.0. The second-order valence-electron chi connectivity index (χ2n) is 5.39. The lowest BCUT2D eigenvalue weighted by Crippen LogP contribution is -2.56. The fourth-order valence-electron chi connectivity index (χ4n) is 2.85. The van der Waals surface area contributed by atoms with E-state index in [1.807, 2.05) is 6.92 Å². The summed E-state index contributed by atoms with van der Waals surface area (Å²) in [7, 11) is 1.57. The highest BCUT2D eigenvalue weighted by Gasteiger charge is 2.45. The summed E-state index contributed by atoms with van der Waals surface area (Å²) in [6.45, 7) is 1.96. The third-order valence-electron chi connectivity index (χ3n) is 4.26. The van der Waals surface area contributed by atoms with Gasteiger partial charge in [-0.05, 0) is 25.3 Å². The summed E-state index contributed by atoms with van der Waals surface area (Å²) in [6.07, 6.45) is 4.48. The summed E-state index contributed by atoms with van der Waals surface area (Å²) in [5.74, 6) is -1.25. The first kappa shape index (κ1) is 14.6. The third kappa shape index (κ3) is 2.42. The number of nitrogens with one attached hydrogen (secondary N) is 1. The summed E-state index contributed by atoms with van der Waals surface area (Å²) >= 11 is 0. The van der Waals surface area contributed by atoms with E-state index in [9.17, 15) is 14.7 Å². The second-order valence-corrected chi connectivity index (χ2v) is 5.39. The number of hydrogen-bond acceptors (Lipinski definition) is 3. The lowest BCUT2D eigenvalue weighted by Gasteiger charge is -2.40. The summed E-state index contributed by atoms with van der Waals surface area (Å²) in [6, 6.07) is 1.69. The van der Waals surface area contributed by atoms with Crippen LogP contribution < -0.4 is 0 Å². The summed E-state index contributed by atoms with van der Waals surface area (Å²) < 4.78 is 0. The summed E-state index contributed by atoms with van der Waals surface area (Å²) in [5, 5.41) is 16.4. The van der Waals surface area contributed by atoms with Gasteiger partial charge in [0.2, 0.25) is 0 Å². The number of aliphatic carboxylic acids is 1. The van der Waals surface area contributed by atoms with Crippen molar-refractivity contribution >= 4 is 11.9 Å². The molecule has 6 heteroatoms. The Balaban J connectivity index is 2.25. The van der Waals surface area contributed by atoms with Crippen molar-refractivity contribution in [2.24, 2.45) is 0 Å². The van der Waals surface area contributed by atoms with Crippen LogP contribution >= 0.6 is 0 Å². The Morgan fingerprint density at radius 2 is 2.05 bits per heavy atom. The number of carbonyl (C=O) groups is 2. The van der Waals surface area contributed by atoms with E-state index < -0.39 is 11.5 Å². The molecular formula is C14H21N3O3.